The summed E-state index contributed by atoms with van der Waals surface area (Å²) in [7, 11) is 0. The number of fused-ring (bicyclic) bond motifs is 1. The van der Waals surface area contributed by atoms with Crippen LogP contribution < -0.4 is 21.7 Å². The maximum atomic E-state index is 12.5. The number of nitrogens with one attached hydrogen (secondary N) is 3. The topological polar surface area (TPSA) is 130 Å². The Kier molecular flexibility index (Phi) is 7.31. The standard InChI is InChI=1S/C26H34N8O2/c27-19-6-10-21(11-7-19)31-23-17-22(25-28-13-16-34(25)32-23)30-20-8-4-18(5-9-20)26(36)29-12-2-15-33-14-1-3-24(33)35/h4-5,8-9,13,16-17,19,21,30H,1-3,6-7,10-12,14-15,27H2,(H,29,36)(H,31,32)/t19-,21-. The predicted molar refractivity (Wildman–Crippen MR) is 139 cm³/mol. The Hall–Kier alpha value is -3.66. The molecule has 1 saturated heterocycles. The maximum Gasteiger partial charge on any atom is 0.251 e. The van der Waals surface area contributed by atoms with E-state index in [1.54, 1.807) is 22.8 Å². The van der Waals surface area contributed by atoms with E-state index in [9.17, 15) is 9.59 Å². The van der Waals surface area contributed by atoms with Gasteiger partial charge < -0.3 is 26.6 Å². The summed E-state index contributed by atoms with van der Waals surface area (Å²) in [5.74, 6) is 0.885. The third-order valence-electron chi connectivity index (χ3n) is 6.97. The minimum Gasteiger partial charge on any atom is -0.366 e. The first kappa shape index (κ1) is 24.1. The van der Waals surface area contributed by atoms with E-state index in [0.717, 1.165) is 67.9 Å². The van der Waals surface area contributed by atoms with E-state index in [2.05, 4.69) is 26.0 Å². The highest BCUT2D eigenvalue weighted by Gasteiger charge is 2.20. The second-order valence-electron chi connectivity index (χ2n) is 9.69. The van der Waals surface area contributed by atoms with Crippen molar-refractivity contribution in [2.75, 3.05) is 30.3 Å². The van der Waals surface area contributed by atoms with Gasteiger partial charge in [0, 0.05) is 67.8 Å². The van der Waals surface area contributed by atoms with Gasteiger partial charge >= 0.3 is 0 Å². The molecule has 10 heteroatoms. The summed E-state index contributed by atoms with van der Waals surface area (Å²) in [6.07, 6.45) is 10.0. The van der Waals surface area contributed by atoms with Gasteiger partial charge in [0.25, 0.3) is 5.91 Å². The van der Waals surface area contributed by atoms with Gasteiger partial charge in [-0.25, -0.2) is 9.50 Å². The Bertz CT molecular complexity index is 1200. The van der Waals surface area contributed by atoms with Gasteiger partial charge in [-0.05, 0) is 62.8 Å². The number of anilines is 3. The smallest absolute Gasteiger partial charge is 0.251 e. The monoisotopic (exact) mass is 490 g/mol. The number of aromatic nitrogens is 3. The van der Waals surface area contributed by atoms with Crippen molar-refractivity contribution in [2.45, 2.75) is 57.0 Å². The molecular weight excluding hydrogens is 456 g/mol. The first-order chi connectivity index (χ1) is 17.5. The lowest BCUT2D eigenvalue weighted by atomic mass is 9.92. The number of nitrogens with two attached hydrogens (primary N) is 1. The second-order valence-corrected chi connectivity index (χ2v) is 9.69. The number of rotatable bonds is 9. The third-order valence-corrected chi connectivity index (χ3v) is 6.97. The van der Waals surface area contributed by atoms with Gasteiger partial charge in [-0.1, -0.05) is 0 Å². The first-order valence-corrected chi connectivity index (χ1v) is 12.8. The van der Waals surface area contributed by atoms with E-state index in [-0.39, 0.29) is 11.8 Å². The fourth-order valence-electron chi connectivity index (χ4n) is 4.93. The molecule has 2 aliphatic rings. The summed E-state index contributed by atoms with van der Waals surface area (Å²) in [4.78, 5) is 30.5. The normalized spacial score (nSPS) is 20.0. The van der Waals surface area contributed by atoms with Crippen LogP contribution in [0.4, 0.5) is 17.2 Å². The van der Waals surface area contributed by atoms with E-state index in [1.807, 2.05) is 29.3 Å². The zero-order chi connectivity index (χ0) is 24.9. The number of carbonyl (C=O) groups excluding carboxylic acids is 2. The van der Waals surface area contributed by atoms with Crippen LogP contribution in [0, 0.1) is 0 Å². The summed E-state index contributed by atoms with van der Waals surface area (Å²) in [6.45, 7) is 2.07. The molecule has 36 heavy (non-hydrogen) atoms. The van der Waals surface area contributed by atoms with Crippen molar-refractivity contribution >= 4 is 34.7 Å². The molecule has 1 saturated carbocycles. The first-order valence-electron chi connectivity index (χ1n) is 12.8. The fourth-order valence-corrected chi connectivity index (χ4v) is 4.93. The SMILES string of the molecule is N[C@H]1CC[C@H](Nc2cc(Nc3ccc(C(=O)NCCCN4CCCC4=O)cc3)c3nccn3n2)CC1. The predicted octanol–water partition coefficient (Wildman–Crippen LogP) is 2.90. The highest BCUT2D eigenvalue weighted by Crippen LogP contribution is 2.26. The fraction of sp³-hybridized carbons (Fsp3) is 0.462. The van der Waals surface area contributed by atoms with Gasteiger partial charge in [0.1, 0.15) is 5.82 Å². The zero-order valence-electron chi connectivity index (χ0n) is 20.4. The number of imidazole rings is 1. The quantitative estimate of drug-likeness (QED) is 0.339. The molecule has 0 bridgehead atoms. The molecular formula is C26H34N8O2. The van der Waals surface area contributed by atoms with Crippen LogP contribution >= 0.6 is 0 Å². The van der Waals surface area contributed by atoms with Gasteiger partial charge in [-0.2, -0.15) is 0 Å². The van der Waals surface area contributed by atoms with Crippen LogP contribution in [0.3, 0.4) is 0 Å². The van der Waals surface area contributed by atoms with Crippen LogP contribution in [0.25, 0.3) is 5.65 Å². The third kappa shape index (κ3) is 5.76. The highest BCUT2D eigenvalue weighted by atomic mass is 16.2. The minimum absolute atomic E-state index is 0.118. The number of likely N-dealkylation sites (tertiary alicyclic amines) is 1. The maximum absolute atomic E-state index is 12.5. The second kappa shape index (κ2) is 10.9. The molecule has 3 heterocycles. The summed E-state index contributed by atoms with van der Waals surface area (Å²) in [5, 5.41) is 14.6. The Morgan fingerprint density at radius 3 is 2.69 bits per heavy atom. The van der Waals surface area contributed by atoms with Crippen LogP contribution in [0.2, 0.25) is 0 Å². The average Bonchev–Trinajstić information content (AvgIpc) is 3.52. The van der Waals surface area contributed by atoms with Crippen LogP contribution in [-0.2, 0) is 4.79 Å². The lowest BCUT2D eigenvalue weighted by molar-refractivity contribution is -0.127. The molecule has 0 radical (unpaired) electrons. The van der Waals surface area contributed by atoms with Crippen LogP contribution in [0.15, 0.2) is 42.7 Å². The number of carbonyl (C=O) groups is 2. The van der Waals surface area contributed by atoms with Crippen molar-refractivity contribution in [2.24, 2.45) is 5.73 Å². The van der Waals surface area contributed by atoms with E-state index in [1.165, 1.54) is 0 Å². The lowest BCUT2D eigenvalue weighted by Crippen LogP contribution is -2.33. The van der Waals surface area contributed by atoms with Crippen LogP contribution in [0.5, 0.6) is 0 Å². The van der Waals surface area contributed by atoms with E-state index in [4.69, 9.17) is 5.73 Å². The van der Waals surface area contributed by atoms with Crippen molar-refractivity contribution in [3.8, 4) is 0 Å². The molecule has 1 aromatic carbocycles. The van der Waals surface area contributed by atoms with Crippen molar-refractivity contribution in [3.63, 3.8) is 0 Å². The Morgan fingerprint density at radius 2 is 1.94 bits per heavy atom. The molecule has 0 atom stereocenters. The van der Waals surface area contributed by atoms with Crippen LogP contribution in [-0.4, -0.2) is 63.0 Å². The lowest BCUT2D eigenvalue weighted by Gasteiger charge is -2.27. The number of hydrogen-bond donors (Lipinski definition) is 4. The highest BCUT2D eigenvalue weighted by molar-refractivity contribution is 5.94. The molecule has 2 fully saturated rings. The number of benzene rings is 1. The Labute approximate surface area is 210 Å². The Balaban J connectivity index is 1.18. The van der Waals surface area contributed by atoms with Crippen molar-refractivity contribution in [1.29, 1.82) is 0 Å². The molecule has 10 nitrogen and oxygen atoms in total. The van der Waals surface area contributed by atoms with Gasteiger partial charge in [0.2, 0.25) is 5.91 Å². The molecule has 2 aromatic heterocycles. The molecule has 1 aliphatic heterocycles. The summed E-state index contributed by atoms with van der Waals surface area (Å²) in [6, 6.07) is 10.0. The molecule has 3 aromatic rings. The molecule has 5 rings (SSSR count). The largest absolute Gasteiger partial charge is 0.366 e. The average molecular weight is 491 g/mol. The molecule has 2 amide bonds. The van der Waals surface area contributed by atoms with E-state index in [0.29, 0.717) is 37.2 Å². The molecule has 0 spiro atoms. The van der Waals surface area contributed by atoms with Gasteiger partial charge in [-0.15, -0.1) is 5.10 Å². The molecule has 190 valence electrons. The molecule has 0 unspecified atom stereocenters. The summed E-state index contributed by atoms with van der Waals surface area (Å²) < 4.78 is 1.76. The van der Waals surface area contributed by atoms with Crippen molar-refractivity contribution in [1.82, 2.24) is 24.8 Å². The number of nitrogens with zero attached hydrogens (tertiary/aromatic N) is 4. The van der Waals surface area contributed by atoms with Crippen molar-refractivity contribution in [3.05, 3.63) is 48.3 Å². The van der Waals surface area contributed by atoms with E-state index >= 15 is 0 Å². The Morgan fingerprint density at radius 1 is 1.14 bits per heavy atom. The zero-order valence-corrected chi connectivity index (χ0v) is 20.4. The van der Waals surface area contributed by atoms with Gasteiger partial charge in [0.05, 0.1) is 5.69 Å². The van der Waals surface area contributed by atoms with Crippen molar-refractivity contribution < 1.29 is 9.59 Å². The summed E-state index contributed by atoms with van der Waals surface area (Å²) >= 11 is 0. The number of hydrogen-bond acceptors (Lipinski definition) is 7. The minimum atomic E-state index is -0.118. The number of amides is 2. The van der Waals surface area contributed by atoms with Gasteiger partial charge in [-0.3, -0.25) is 9.59 Å². The summed E-state index contributed by atoms with van der Waals surface area (Å²) in [5.41, 5.74) is 9.05. The van der Waals surface area contributed by atoms with E-state index < -0.39 is 0 Å². The van der Waals surface area contributed by atoms with Crippen LogP contribution in [0.1, 0.15) is 55.3 Å². The molecule has 5 N–H and O–H groups in total. The molecule has 1 aliphatic carbocycles. The van der Waals surface area contributed by atoms with Gasteiger partial charge in [0.15, 0.2) is 5.65 Å².